The van der Waals surface area contributed by atoms with E-state index in [1.54, 1.807) is 48.5 Å². The first-order valence-electron chi connectivity index (χ1n) is 12.6. The van der Waals surface area contributed by atoms with Gasteiger partial charge >= 0.3 is 5.97 Å². The molecule has 1 fully saturated rings. The molecule has 3 atom stereocenters. The van der Waals surface area contributed by atoms with Gasteiger partial charge in [-0.05, 0) is 55.3 Å². The third-order valence-corrected chi connectivity index (χ3v) is 7.84. The molecule has 7 nitrogen and oxygen atoms in total. The lowest BCUT2D eigenvalue weighted by Crippen LogP contribution is -2.51. The van der Waals surface area contributed by atoms with Gasteiger partial charge in [0.15, 0.2) is 5.78 Å². The molecule has 5 rings (SSSR count). The molecular formula is C30H24Cl2FNO6. The minimum atomic E-state index is -1.98. The van der Waals surface area contributed by atoms with Crippen LogP contribution in [0, 0.1) is 5.82 Å². The fraction of sp³-hybridized carbons (Fsp3) is 0.267. The van der Waals surface area contributed by atoms with Crippen LogP contribution in [0.25, 0.3) is 0 Å². The topological polar surface area (TPSA) is 101 Å². The Morgan fingerprint density at radius 3 is 2.25 bits per heavy atom. The molecule has 2 aliphatic rings. The van der Waals surface area contributed by atoms with Gasteiger partial charge in [-0.25, -0.2) is 4.39 Å². The number of aliphatic carboxylic acids is 1. The Morgan fingerprint density at radius 2 is 1.70 bits per heavy atom. The second kappa shape index (κ2) is 10.8. The highest BCUT2D eigenvalue weighted by molar-refractivity contribution is 6.30. The Kier molecular flexibility index (Phi) is 7.52. The van der Waals surface area contributed by atoms with Gasteiger partial charge in [0.05, 0.1) is 29.7 Å². The van der Waals surface area contributed by atoms with Crippen LogP contribution in [0.15, 0.2) is 60.7 Å². The Labute approximate surface area is 239 Å². The average molecular weight is 584 g/mol. The number of hydrogen-bond acceptors (Lipinski definition) is 5. The molecule has 1 amide bonds. The van der Waals surface area contributed by atoms with E-state index in [-0.39, 0.29) is 35.3 Å². The van der Waals surface area contributed by atoms with Crippen molar-refractivity contribution in [2.75, 3.05) is 0 Å². The smallest absolute Gasteiger partial charge is 0.305 e. The molecule has 0 bridgehead atoms. The lowest BCUT2D eigenvalue weighted by molar-refractivity contribution is -0.162. The largest absolute Gasteiger partial charge is 0.481 e. The highest BCUT2D eigenvalue weighted by Gasteiger charge is 2.58. The van der Waals surface area contributed by atoms with Crippen molar-refractivity contribution in [3.8, 4) is 0 Å². The number of amides is 1. The number of ether oxygens (including phenoxy) is 1. The van der Waals surface area contributed by atoms with Gasteiger partial charge in [-0.2, -0.15) is 0 Å². The molecule has 1 heterocycles. The van der Waals surface area contributed by atoms with Crippen LogP contribution in [-0.4, -0.2) is 39.6 Å². The minimum Gasteiger partial charge on any atom is -0.481 e. The first-order chi connectivity index (χ1) is 19.0. The highest BCUT2D eigenvalue weighted by atomic mass is 35.5. The van der Waals surface area contributed by atoms with E-state index >= 15 is 4.39 Å². The summed E-state index contributed by atoms with van der Waals surface area (Å²) in [5, 5.41) is 10.7. The van der Waals surface area contributed by atoms with Crippen molar-refractivity contribution >= 4 is 46.6 Å². The molecule has 0 aromatic heterocycles. The number of carboxylic acid groups (broad SMARTS) is 1. The number of ketones is 2. The van der Waals surface area contributed by atoms with Gasteiger partial charge in [-0.3, -0.25) is 24.1 Å². The van der Waals surface area contributed by atoms with Gasteiger partial charge in [-0.1, -0.05) is 47.5 Å². The number of Topliss-reactive ketones (excluding diaryl/α,β-unsaturated/α-hetero) is 2. The van der Waals surface area contributed by atoms with Crippen LogP contribution in [-0.2, 0) is 20.1 Å². The van der Waals surface area contributed by atoms with Gasteiger partial charge in [-0.15, -0.1) is 0 Å². The molecule has 3 aromatic carbocycles. The summed E-state index contributed by atoms with van der Waals surface area (Å²) in [6.07, 6.45) is -0.603. The summed E-state index contributed by atoms with van der Waals surface area (Å²) in [7, 11) is 0. The molecule has 10 heteroatoms. The normalized spacial score (nSPS) is 21.0. The quantitative estimate of drug-likeness (QED) is 0.310. The molecule has 1 aliphatic carbocycles. The molecule has 0 saturated heterocycles. The lowest BCUT2D eigenvalue weighted by Gasteiger charge is -2.45. The van der Waals surface area contributed by atoms with E-state index in [0.29, 0.717) is 27.6 Å². The van der Waals surface area contributed by atoms with Crippen molar-refractivity contribution < 1.29 is 33.4 Å². The SMILES string of the molecule is CC(=O)c1cc(F)c2c(c1)C(=O)N(C(CC(=O)O)c1ccc(Cl)cc1)[C@@]2(O[C@H]1CCC(=O)C1)c1ccc(Cl)cc1. The van der Waals surface area contributed by atoms with Crippen LogP contribution in [0.1, 0.15) is 76.1 Å². The molecule has 0 radical (unpaired) electrons. The summed E-state index contributed by atoms with van der Waals surface area (Å²) < 4.78 is 22.9. The number of benzene rings is 3. The van der Waals surface area contributed by atoms with E-state index in [0.717, 1.165) is 6.07 Å². The molecular weight excluding hydrogens is 560 g/mol. The van der Waals surface area contributed by atoms with Crippen molar-refractivity contribution in [1.29, 1.82) is 0 Å². The van der Waals surface area contributed by atoms with E-state index < -0.39 is 47.8 Å². The van der Waals surface area contributed by atoms with Gasteiger partial charge in [0.25, 0.3) is 5.91 Å². The predicted molar refractivity (Wildman–Crippen MR) is 145 cm³/mol. The van der Waals surface area contributed by atoms with Crippen molar-refractivity contribution in [2.24, 2.45) is 0 Å². The fourth-order valence-electron chi connectivity index (χ4n) is 5.55. The molecule has 1 aliphatic heterocycles. The Balaban J connectivity index is 1.84. The van der Waals surface area contributed by atoms with Crippen molar-refractivity contribution in [3.63, 3.8) is 0 Å². The van der Waals surface area contributed by atoms with Gasteiger partial charge in [0.2, 0.25) is 5.72 Å². The standard InChI is InChI=1S/C30H24Cl2FNO6/c1-16(35)18-12-24-28(25(33)13-18)30(19-4-8-21(32)9-5-19,40-23-11-10-22(36)14-23)34(29(24)39)26(15-27(37)38)17-2-6-20(31)7-3-17/h2-9,12-13,23,26H,10-11,14-15H2,1H3,(H,37,38)/t23-,26?,30+/m0/s1. The number of carboxylic acids is 1. The van der Waals surface area contributed by atoms with E-state index in [1.165, 1.54) is 17.9 Å². The average Bonchev–Trinajstić information content (AvgIpc) is 3.42. The van der Waals surface area contributed by atoms with Crippen molar-refractivity contribution in [3.05, 3.63) is 104 Å². The van der Waals surface area contributed by atoms with E-state index in [2.05, 4.69) is 0 Å². The summed E-state index contributed by atoms with van der Waals surface area (Å²) in [6, 6.07) is 13.8. The van der Waals surface area contributed by atoms with Crippen molar-refractivity contribution in [2.45, 2.75) is 50.5 Å². The van der Waals surface area contributed by atoms with Crippen LogP contribution in [0.4, 0.5) is 4.39 Å². The predicted octanol–water partition coefficient (Wildman–Crippen LogP) is 6.35. The zero-order valence-electron chi connectivity index (χ0n) is 21.3. The van der Waals surface area contributed by atoms with Crippen LogP contribution < -0.4 is 0 Å². The maximum absolute atomic E-state index is 16.2. The molecule has 1 saturated carbocycles. The van der Waals surface area contributed by atoms with E-state index in [1.807, 2.05) is 0 Å². The molecule has 3 aromatic rings. The third-order valence-electron chi connectivity index (χ3n) is 7.33. The van der Waals surface area contributed by atoms with Crippen LogP contribution in [0.5, 0.6) is 0 Å². The molecule has 40 heavy (non-hydrogen) atoms. The number of halogens is 3. The number of carbonyl (C=O) groups excluding carboxylic acids is 3. The minimum absolute atomic E-state index is 0.0197. The number of rotatable bonds is 8. The van der Waals surface area contributed by atoms with Crippen LogP contribution in [0.2, 0.25) is 10.0 Å². The number of fused-ring (bicyclic) bond motifs is 1. The zero-order chi connectivity index (χ0) is 28.8. The van der Waals surface area contributed by atoms with E-state index in [4.69, 9.17) is 27.9 Å². The van der Waals surface area contributed by atoms with Gasteiger partial charge in [0.1, 0.15) is 11.6 Å². The Morgan fingerprint density at radius 1 is 1.07 bits per heavy atom. The van der Waals surface area contributed by atoms with Crippen molar-refractivity contribution in [1.82, 2.24) is 4.90 Å². The summed E-state index contributed by atoms with van der Waals surface area (Å²) >= 11 is 12.3. The maximum atomic E-state index is 16.2. The second-order valence-electron chi connectivity index (χ2n) is 9.95. The summed E-state index contributed by atoms with van der Waals surface area (Å²) in [5.74, 6) is -3.30. The fourth-order valence-corrected chi connectivity index (χ4v) is 5.80. The Hall–Kier alpha value is -3.59. The molecule has 206 valence electrons. The van der Waals surface area contributed by atoms with Crippen LogP contribution >= 0.6 is 23.2 Å². The van der Waals surface area contributed by atoms with Gasteiger partial charge in [0, 0.05) is 34.0 Å². The summed E-state index contributed by atoms with van der Waals surface area (Å²) in [6.45, 7) is 1.26. The molecule has 1 N–H and O–H groups in total. The molecule has 1 unspecified atom stereocenters. The molecule has 0 spiro atoms. The highest BCUT2D eigenvalue weighted by Crippen LogP contribution is 2.53. The summed E-state index contributed by atoms with van der Waals surface area (Å²) in [5.41, 5.74) is -1.56. The third kappa shape index (κ3) is 4.91. The number of hydrogen-bond donors (Lipinski definition) is 1. The zero-order valence-corrected chi connectivity index (χ0v) is 22.8. The Bertz CT molecular complexity index is 1520. The van der Waals surface area contributed by atoms with Gasteiger partial charge < -0.3 is 9.84 Å². The first kappa shape index (κ1) is 28.0. The second-order valence-corrected chi connectivity index (χ2v) is 10.8. The number of nitrogens with zero attached hydrogens (tertiary/aromatic N) is 1. The monoisotopic (exact) mass is 583 g/mol. The maximum Gasteiger partial charge on any atom is 0.305 e. The van der Waals surface area contributed by atoms with Crippen LogP contribution in [0.3, 0.4) is 0 Å². The summed E-state index contributed by atoms with van der Waals surface area (Å²) in [4.78, 5) is 52.2. The lowest BCUT2D eigenvalue weighted by atomic mass is 9.89. The first-order valence-corrected chi connectivity index (χ1v) is 13.4. The van der Waals surface area contributed by atoms with E-state index in [9.17, 15) is 24.3 Å². The number of carbonyl (C=O) groups is 4.